The zero-order chi connectivity index (χ0) is 22.6. The van der Waals surface area contributed by atoms with Crippen LogP contribution in [-0.4, -0.2) is 62.9 Å². The van der Waals surface area contributed by atoms with Gasteiger partial charge in [-0.25, -0.2) is 13.2 Å². The number of hydrogen-bond donors (Lipinski definition) is 2. The van der Waals surface area contributed by atoms with Gasteiger partial charge in [0.05, 0.1) is 29.2 Å². The highest BCUT2D eigenvalue weighted by molar-refractivity contribution is 7.89. The molecule has 10 nitrogen and oxygen atoms in total. The van der Waals surface area contributed by atoms with E-state index in [0.29, 0.717) is 13.2 Å². The summed E-state index contributed by atoms with van der Waals surface area (Å²) in [4.78, 5) is 36.0. The van der Waals surface area contributed by atoms with Crippen molar-refractivity contribution in [1.82, 2.24) is 4.31 Å². The summed E-state index contributed by atoms with van der Waals surface area (Å²) >= 11 is 1.11. The first-order valence-corrected chi connectivity index (χ1v) is 11.6. The zero-order valence-electron chi connectivity index (χ0n) is 16.6. The third kappa shape index (κ3) is 5.28. The molecule has 0 aliphatic carbocycles. The minimum absolute atomic E-state index is 0.0495. The van der Waals surface area contributed by atoms with Crippen molar-refractivity contribution in [1.29, 1.82) is 0 Å². The summed E-state index contributed by atoms with van der Waals surface area (Å²) in [6.07, 6.45) is -1.16. The molecule has 1 aromatic heterocycles. The van der Waals surface area contributed by atoms with Gasteiger partial charge in [-0.1, -0.05) is 0 Å². The van der Waals surface area contributed by atoms with Crippen LogP contribution in [0.4, 0.5) is 5.00 Å². The van der Waals surface area contributed by atoms with Crippen LogP contribution >= 0.6 is 11.3 Å². The molecule has 0 bridgehead atoms. The Hall–Kier alpha value is -2.80. The van der Waals surface area contributed by atoms with E-state index in [0.717, 1.165) is 11.3 Å². The second kappa shape index (κ2) is 9.56. The van der Waals surface area contributed by atoms with Crippen molar-refractivity contribution < 1.29 is 32.3 Å². The van der Waals surface area contributed by atoms with Gasteiger partial charge in [0.25, 0.3) is 11.8 Å². The van der Waals surface area contributed by atoms with Gasteiger partial charge < -0.3 is 20.5 Å². The number of hydrogen-bond acceptors (Lipinski definition) is 8. The number of esters is 1. The van der Waals surface area contributed by atoms with Gasteiger partial charge in [0.1, 0.15) is 5.00 Å². The number of primary amides is 1. The molecule has 2 aromatic rings. The molecule has 1 fully saturated rings. The second-order valence-corrected chi connectivity index (χ2v) is 9.46. The predicted octanol–water partition coefficient (Wildman–Crippen LogP) is 1.05. The minimum Gasteiger partial charge on any atom is -0.449 e. The minimum atomic E-state index is -3.68. The number of ether oxygens (including phenoxy) is 2. The highest BCUT2D eigenvalue weighted by atomic mass is 32.2. The number of carbonyl (C=O) groups excluding carboxylic acids is 3. The molecule has 31 heavy (non-hydrogen) atoms. The van der Waals surface area contributed by atoms with Gasteiger partial charge in [0.2, 0.25) is 10.0 Å². The molecule has 3 rings (SSSR count). The van der Waals surface area contributed by atoms with E-state index in [9.17, 15) is 22.8 Å². The third-order valence-electron chi connectivity index (χ3n) is 4.52. The van der Waals surface area contributed by atoms with E-state index in [4.69, 9.17) is 15.2 Å². The number of nitrogens with zero attached hydrogens (tertiary/aromatic N) is 1. The highest BCUT2D eigenvalue weighted by Crippen LogP contribution is 2.23. The molecule has 3 N–H and O–H groups in total. The standard InChI is InChI=1S/C19H21N3O7S2/c1-12(17(24)21-18-15(16(20)23)6-11-30-18)29-19(25)13-2-4-14(5-3-13)31(26,27)22-7-9-28-10-8-22/h2-6,11-12H,7-10H2,1H3,(H2,20,23)(H,21,24). The lowest BCUT2D eigenvalue weighted by Gasteiger charge is -2.26. The van der Waals surface area contributed by atoms with Gasteiger partial charge >= 0.3 is 5.97 Å². The van der Waals surface area contributed by atoms with Crippen molar-refractivity contribution in [2.75, 3.05) is 31.6 Å². The molecule has 1 aliphatic heterocycles. The van der Waals surface area contributed by atoms with Gasteiger partial charge in [-0.2, -0.15) is 4.31 Å². The molecule has 2 heterocycles. The first kappa shape index (κ1) is 22.9. The molecule has 0 radical (unpaired) electrons. The molecule has 166 valence electrons. The summed E-state index contributed by atoms with van der Waals surface area (Å²) in [6.45, 7) is 2.56. The number of morpholine rings is 1. The van der Waals surface area contributed by atoms with E-state index in [1.54, 1.807) is 5.38 Å². The molecule has 0 saturated carbocycles. The lowest BCUT2D eigenvalue weighted by Crippen LogP contribution is -2.40. The van der Waals surface area contributed by atoms with Crippen molar-refractivity contribution in [3.05, 3.63) is 46.8 Å². The van der Waals surface area contributed by atoms with E-state index in [1.807, 2.05) is 0 Å². The quantitative estimate of drug-likeness (QED) is 0.579. The lowest BCUT2D eigenvalue weighted by molar-refractivity contribution is -0.123. The van der Waals surface area contributed by atoms with Gasteiger partial charge in [0.15, 0.2) is 6.10 Å². The summed E-state index contributed by atoms with van der Waals surface area (Å²) in [5.74, 6) is -2.11. The fraction of sp³-hybridized carbons (Fsp3) is 0.316. The van der Waals surface area contributed by atoms with Crippen LogP contribution in [0.25, 0.3) is 0 Å². The summed E-state index contributed by atoms with van der Waals surface area (Å²) in [5, 5.41) is 4.36. The number of thiophene rings is 1. The summed E-state index contributed by atoms with van der Waals surface area (Å²) < 4.78 is 36.9. The number of amides is 2. The Morgan fingerprint density at radius 1 is 1.16 bits per heavy atom. The van der Waals surface area contributed by atoms with E-state index in [2.05, 4.69) is 5.32 Å². The van der Waals surface area contributed by atoms with Gasteiger partial charge in [-0.15, -0.1) is 11.3 Å². The Morgan fingerprint density at radius 3 is 2.42 bits per heavy atom. The molecule has 2 amide bonds. The van der Waals surface area contributed by atoms with Crippen molar-refractivity contribution in [3.8, 4) is 0 Å². The number of rotatable bonds is 7. The molecule has 1 atom stereocenters. The summed E-state index contributed by atoms with van der Waals surface area (Å²) in [5.41, 5.74) is 5.49. The molecule has 1 aromatic carbocycles. The second-order valence-electron chi connectivity index (χ2n) is 6.61. The Balaban J connectivity index is 1.63. The molecular formula is C19H21N3O7S2. The van der Waals surface area contributed by atoms with Gasteiger partial charge in [-0.3, -0.25) is 9.59 Å². The normalized spacial score (nSPS) is 15.8. The van der Waals surface area contributed by atoms with Crippen LogP contribution in [-0.2, 0) is 24.3 Å². The van der Waals surface area contributed by atoms with Crippen LogP contribution in [0.3, 0.4) is 0 Å². The maximum absolute atomic E-state index is 12.6. The Labute approximate surface area is 183 Å². The molecule has 12 heteroatoms. The van der Waals surface area contributed by atoms with Crippen molar-refractivity contribution >= 4 is 44.1 Å². The number of anilines is 1. The predicted molar refractivity (Wildman–Crippen MR) is 112 cm³/mol. The van der Waals surface area contributed by atoms with Gasteiger partial charge in [0, 0.05) is 13.1 Å². The first-order chi connectivity index (χ1) is 14.7. The summed E-state index contributed by atoms with van der Waals surface area (Å²) in [7, 11) is -3.68. The number of nitrogens with two attached hydrogens (primary N) is 1. The third-order valence-corrected chi connectivity index (χ3v) is 7.26. The lowest BCUT2D eigenvalue weighted by atomic mass is 10.2. The van der Waals surface area contributed by atoms with Crippen LogP contribution in [0.2, 0.25) is 0 Å². The molecule has 0 spiro atoms. The zero-order valence-corrected chi connectivity index (χ0v) is 18.2. The average Bonchev–Trinajstić information content (AvgIpc) is 3.22. The average molecular weight is 468 g/mol. The van der Waals surface area contributed by atoms with Crippen LogP contribution < -0.4 is 11.1 Å². The Kier molecular flexibility index (Phi) is 7.05. The van der Waals surface area contributed by atoms with Crippen molar-refractivity contribution in [2.45, 2.75) is 17.9 Å². The number of benzene rings is 1. The fourth-order valence-corrected chi connectivity index (χ4v) is 5.00. The van der Waals surface area contributed by atoms with Crippen LogP contribution in [0.15, 0.2) is 40.6 Å². The van der Waals surface area contributed by atoms with E-state index < -0.39 is 33.9 Å². The molecule has 1 unspecified atom stereocenters. The SMILES string of the molecule is CC(OC(=O)c1ccc(S(=O)(=O)N2CCOCC2)cc1)C(=O)Nc1sccc1C(N)=O. The van der Waals surface area contributed by atoms with E-state index in [1.165, 1.54) is 41.6 Å². The monoisotopic (exact) mass is 467 g/mol. The largest absolute Gasteiger partial charge is 0.449 e. The Bertz CT molecular complexity index is 1070. The van der Waals surface area contributed by atoms with Crippen LogP contribution in [0, 0.1) is 0 Å². The highest BCUT2D eigenvalue weighted by Gasteiger charge is 2.27. The number of carbonyl (C=O) groups is 3. The number of nitrogens with one attached hydrogen (secondary N) is 1. The maximum atomic E-state index is 12.6. The van der Waals surface area contributed by atoms with Gasteiger partial charge in [-0.05, 0) is 42.6 Å². The first-order valence-electron chi connectivity index (χ1n) is 9.27. The molecular weight excluding hydrogens is 446 g/mol. The van der Waals surface area contributed by atoms with Crippen LogP contribution in [0.1, 0.15) is 27.6 Å². The number of sulfonamides is 1. The van der Waals surface area contributed by atoms with E-state index >= 15 is 0 Å². The summed E-state index contributed by atoms with van der Waals surface area (Å²) in [6, 6.07) is 6.76. The van der Waals surface area contributed by atoms with Crippen LogP contribution in [0.5, 0.6) is 0 Å². The topological polar surface area (TPSA) is 145 Å². The Morgan fingerprint density at radius 2 is 1.81 bits per heavy atom. The fourth-order valence-electron chi connectivity index (χ4n) is 2.79. The van der Waals surface area contributed by atoms with Crippen molar-refractivity contribution in [3.63, 3.8) is 0 Å². The van der Waals surface area contributed by atoms with E-state index in [-0.39, 0.29) is 34.1 Å². The molecule has 1 aliphatic rings. The smallest absolute Gasteiger partial charge is 0.338 e. The van der Waals surface area contributed by atoms with Crippen molar-refractivity contribution in [2.24, 2.45) is 5.73 Å². The maximum Gasteiger partial charge on any atom is 0.338 e. The molecule has 1 saturated heterocycles.